The number of ether oxygens (including phenoxy) is 1. The van der Waals surface area contributed by atoms with Crippen molar-refractivity contribution in [2.24, 2.45) is 11.1 Å². The average molecular weight is 533 g/mol. The number of benzene rings is 1. The minimum Gasteiger partial charge on any atom is -0.480 e. The Morgan fingerprint density at radius 2 is 1.97 bits per heavy atom. The van der Waals surface area contributed by atoms with Gasteiger partial charge in [-0.15, -0.1) is 0 Å². The number of pyridine rings is 1. The van der Waals surface area contributed by atoms with Crippen LogP contribution >= 0.6 is 0 Å². The van der Waals surface area contributed by atoms with E-state index in [-0.39, 0.29) is 17.4 Å². The predicted molar refractivity (Wildman–Crippen MR) is 151 cm³/mol. The zero-order valence-corrected chi connectivity index (χ0v) is 23.3. The van der Waals surface area contributed by atoms with E-state index in [0.29, 0.717) is 49.6 Å². The fourth-order valence-corrected chi connectivity index (χ4v) is 6.47. The van der Waals surface area contributed by atoms with E-state index in [2.05, 4.69) is 32.2 Å². The molecule has 4 N–H and O–H groups in total. The summed E-state index contributed by atoms with van der Waals surface area (Å²) in [6, 6.07) is 9.62. The number of hydrogen-bond acceptors (Lipinski definition) is 7. The van der Waals surface area contributed by atoms with Crippen LogP contribution in [-0.2, 0) is 9.59 Å². The lowest BCUT2D eigenvalue weighted by molar-refractivity contribution is -0.148. The molecule has 0 unspecified atom stereocenters. The topological polar surface area (TPSA) is 126 Å². The highest BCUT2D eigenvalue weighted by Gasteiger charge is 2.60. The van der Waals surface area contributed by atoms with Crippen molar-refractivity contribution < 1.29 is 14.3 Å². The zero-order valence-electron chi connectivity index (χ0n) is 23.3. The second kappa shape index (κ2) is 11.1. The van der Waals surface area contributed by atoms with Gasteiger partial charge in [-0.3, -0.25) is 9.59 Å². The summed E-state index contributed by atoms with van der Waals surface area (Å²) >= 11 is 0. The summed E-state index contributed by atoms with van der Waals surface area (Å²) in [6.45, 7) is 3.90. The van der Waals surface area contributed by atoms with E-state index in [0.717, 1.165) is 54.5 Å². The van der Waals surface area contributed by atoms with Crippen LogP contribution in [-0.4, -0.2) is 64.3 Å². The number of nitrogens with one attached hydrogen (secondary N) is 2. The van der Waals surface area contributed by atoms with Crippen LogP contribution in [0.15, 0.2) is 36.5 Å². The Hall–Kier alpha value is -3.30. The Bertz CT molecular complexity index is 1340. The summed E-state index contributed by atoms with van der Waals surface area (Å²) in [6.07, 6.45) is 7.72. The molecule has 1 aromatic carbocycles. The first kappa shape index (κ1) is 27.3. The number of likely N-dealkylation sites (tertiary alicyclic amines) is 1. The Kier molecular flexibility index (Phi) is 7.73. The van der Waals surface area contributed by atoms with Gasteiger partial charge in [0.2, 0.25) is 11.8 Å². The number of nitrogens with zero attached hydrogens (tertiary/aromatic N) is 3. The molecular weight excluding hydrogens is 492 g/mol. The standard InChI is InChI=1S/C30H40N6O3/c1-4-21(37)11-6-5-7-13-24(35-28(38)30(31)16-29(17-30)18-36(2)19-29)26-32-15-25(33-26)22-14-20-10-8-9-12-23(20)34-27(22)39-3/h8-10,12,14-15,24H,4-7,11,13,16-19,31H2,1-3H3,(H,32,33)(H,35,38)/t24-/m0/s1. The van der Waals surface area contributed by atoms with E-state index in [9.17, 15) is 9.59 Å². The molecule has 39 heavy (non-hydrogen) atoms. The number of fused-ring (bicyclic) bond motifs is 1. The molecule has 5 rings (SSSR count). The SMILES string of the molecule is CCC(=O)CCCCC[C@H](NC(=O)C1(N)CC2(CN(C)C2)C1)c1ncc(-c2cc3ccccc3nc2OC)[nH]1. The molecule has 0 bridgehead atoms. The number of ketones is 1. The number of carbonyl (C=O) groups excluding carboxylic acids is 2. The van der Waals surface area contributed by atoms with E-state index in [4.69, 9.17) is 10.5 Å². The molecule has 1 spiro atoms. The smallest absolute Gasteiger partial charge is 0.240 e. The van der Waals surface area contributed by atoms with Gasteiger partial charge in [-0.05, 0) is 44.9 Å². The highest BCUT2D eigenvalue weighted by atomic mass is 16.5. The third kappa shape index (κ3) is 5.70. The number of H-pyrrole nitrogens is 1. The van der Waals surface area contributed by atoms with E-state index in [1.807, 2.05) is 37.3 Å². The van der Waals surface area contributed by atoms with Crippen molar-refractivity contribution in [3.63, 3.8) is 0 Å². The van der Waals surface area contributed by atoms with Crippen molar-refractivity contribution >= 4 is 22.6 Å². The monoisotopic (exact) mass is 532 g/mol. The van der Waals surface area contributed by atoms with Gasteiger partial charge in [-0.2, -0.15) is 0 Å². The number of imidazole rings is 1. The number of methoxy groups -OCH3 is 1. The number of amides is 1. The number of Topliss-reactive ketones (excluding diaryl/α,β-unsaturated/α-hetero) is 1. The van der Waals surface area contributed by atoms with Crippen LogP contribution in [0, 0.1) is 5.41 Å². The molecule has 2 aromatic heterocycles. The molecule has 0 radical (unpaired) electrons. The molecular formula is C30H40N6O3. The Labute approximate surface area is 229 Å². The maximum absolute atomic E-state index is 13.4. The fraction of sp³-hybridized carbons (Fsp3) is 0.533. The van der Waals surface area contributed by atoms with Crippen LogP contribution in [0.3, 0.4) is 0 Å². The number of aromatic nitrogens is 3. The number of rotatable bonds is 12. The zero-order chi connectivity index (χ0) is 27.6. The molecule has 9 nitrogen and oxygen atoms in total. The predicted octanol–water partition coefficient (Wildman–Crippen LogP) is 4.14. The molecule has 1 aliphatic heterocycles. The van der Waals surface area contributed by atoms with E-state index in [1.165, 1.54) is 0 Å². The second-order valence-corrected chi connectivity index (χ2v) is 11.6. The first-order valence-electron chi connectivity index (χ1n) is 14.0. The maximum atomic E-state index is 13.4. The minimum absolute atomic E-state index is 0.114. The van der Waals surface area contributed by atoms with Crippen LogP contribution in [0.5, 0.6) is 5.88 Å². The molecule has 9 heteroatoms. The molecule has 208 valence electrons. The van der Waals surface area contributed by atoms with Gasteiger partial charge in [0.15, 0.2) is 0 Å². The van der Waals surface area contributed by atoms with Crippen LogP contribution < -0.4 is 15.8 Å². The lowest BCUT2D eigenvalue weighted by Crippen LogP contribution is -2.74. The van der Waals surface area contributed by atoms with Gasteiger partial charge in [0.1, 0.15) is 11.6 Å². The van der Waals surface area contributed by atoms with Gasteiger partial charge in [-0.25, -0.2) is 9.97 Å². The molecule has 2 aliphatic rings. The maximum Gasteiger partial charge on any atom is 0.240 e. The summed E-state index contributed by atoms with van der Waals surface area (Å²) in [5.74, 6) is 1.37. The largest absolute Gasteiger partial charge is 0.480 e. The van der Waals surface area contributed by atoms with E-state index < -0.39 is 5.54 Å². The summed E-state index contributed by atoms with van der Waals surface area (Å²) in [7, 11) is 3.71. The number of hydrogen-bond donors (Lipinski definition) is 3. The third-order valence-electron chi connectivity index (χ3n) is 8.29. The van der Waals surface area contributed by atoms with Crippen molar-refractivity contribution in [1.29, 1.82) is 0 Å². The van der Waals surface area contributed by atoms with Gasteiger partial charge in [0, 0.05) is 36.7 Å². The molecule has 1 amide bonds. The number of aromatic amines is 1. The molecule has 1 saturated heterocycles. The van der Waals surface area contributed by atoms with Gasteiger partial charge >= 0.3 is 0 Å². The number of para-hydroxylation sites is 1. The van der Waals surface area contributed by atoms with E-state index >= 15 is 0 Å². The lowest BCUT2D eigenvalue weighted by Gasteiger charge is -2.61. The summed E-state index contributed by atoms with van der Waals surface area (Å²) in [4.78, 5) is 40.1. The van der Waals surface area contributed by atoms with Gasteiger partial charge in [-0.1, -0.05) is 38.0 Å². The first-order chi connectivity index (χ1) is 18.7. The lowest BCUT2D eigenvalue weighted by atomic mass is 9.53. The second-order valence-electron chi connectivity index (χ2n) is 11.6. The Balaban J connectivity index is 1.33. The molecule has 1 atom stereocenters. The van der Waals surface area contributed by atoms with Crippen LogP contribution in [0.25, 0.3) is 22.2 Å². The molecule has 1 aliphatic carbocycles. The minimum atomic E-state index is -0.839. The van der Waals surface area contributed by atoms with Crippen molar-refractivity contribution in [3.05, 3.63) is 42.4 Å². The van der Waals surface area contributed by atoms with Crippen molar-refractivity contribution in [2.45, 2.75) is 69.9 Å². The highest BCUT2D eigenvalue weighted by Crippen LogP contribution is 2.52. The van der Waals surface area contributed by atoms with Crippen molar-refractivity contribution in [1.82, 2.24) is 25.2 Å². The molecule has 2 fully saturated rings. The quantitative estimate of drug-likeness (QED) is 0.299. The molecule has 1 saturated carbocycles. The van der Waals surface area contributed by atoms with E-state index in [1.54, 1.807) is 13.3 Å². The van der Waals surface area contributed by atoms with Crippen molar-refractivity contribution in [3.8, 4) is 17.1 Å². The number of nitrogens with two attached hydrogens (primary N) is 1. The fourth-order valence-electron chi connectivity index (χ4n) is 6.47. The number of carbonyl (C=O) groups is 2. The summed E-state index contributed by atoms with van der Waals surface area (Å²) < 4.78 is 5.60. The highest BCUT2D eigenvalue weighted by molar-refractivity contribution is 5.88. The van der Waals surface area contributed by atoms with Gasteiger partial charge in [0.25, 0.3) is 0 Å². The van der Waals surface area contributed by atoms with Gasteiger partial charge in [0.05, 0.1) is 41.7 Å². The van der Waals surface area contributed by atoms with Crippen LogP contribution in [0.1, 0.15) is 70.2 Å². The number of unbranched alkanes of at least 4 members (excludes halogenated alkanes) is 2. The first-order valence-corrected chi connectivity index (χ1v) is 14.0. The van der Waals surface area contributed by atoms with Crippen molar-refractivity contribution in [2.75, 3.05) is 27.2 Å². The normalized spacial score (nSPS) is 18.4. The molecule has 3 aromatic rings. The Morgan fingerprint density at radius 1 is 1.21 bits per heavy atom. The molecule has 3 heterocycles. The Morgan fingerprint density at radius 3 is 2.69 bits per heavy atom. The average Bonchev–Trinajstić information content (AvgIpc) is 3.39. The summed E-state index contributed by atoms with van der Waals surface area (Å²) in [5.41, 5.74) is 8.38. The van der Waals surface area contributed by atoms with Crippen LogP contribution in [0.4, 0.5) is 0 Å². The summed E-state index contributed by atoms with van der Waals surface area (Å²) in [5, 5.41) is 4.22. The van der Waals surface area contributed by atoms with Crippen LogP contribution in [0.2, 0.25) is 0 Å². The third-order valence-corrected chi connectivity index (χ3v) is 8.29. The van der Waals surface area contributed by atoms with Gasteiger partial charge < -0.3 is 25.7 Å².